The Hall–Kier alpha value is -3.45. The highest BCUT2D eigenvalue weighted by molar-refractivity contribution is 7.93. The van der Waals surface area contributed by atoms with Crippen molar-refractivity contribution in [3.05, 3.63) is 82.4 Å². The third-order valence-electron chi connectivity index (χ3n) is 5.86. The second-order valence-corrected chi connectivity index (χ2v) is 11.5. The Labute approximate surface area is 218 Å². The summed E-state index contributed by atoms with van der Waals surface area (Å²) >= 11 is 1.20. The summed E-state index contributed by atoms with van der Waals surface area (Å²) in [6.07, 6.45) is 1.05. The first-order valence-corrected chi connectivity index (χ1v) is 13.6. The van der Waals surface area contributed by atoms with Crippen LogP contribution in [-0.2, 0) is 29.5 Å². The number of ether oxygens (including phenoxy) is 2. The van der Waals surface area contributed by atoms with Crippen LogP contribution in [0.3, 0.4) is 0 Å². The molecule has 0 bridgehead atoms. The third kappa shape index (κ3) is 5.68. The standard InChI is InChI=1S/C25H19F5N2O4S2/c26-19-10-21-23(11-20(19)27)37-24(31-21)13-35-18-4-5-22-16(9-18)7-15(12-36-22)6-14-2-1-3-17(8-14)32-38(33,34)25(28,29)30/h1-5,8-11,15,32H,6-7,12-13H2. The van der Waals surface area contributed by atoms with Crippen molar-refractivity contribution < 1.29 is 39.8 Å². The van der Waals surface area contributed by atoms with Crippen molar-refractivity contribution in [3.8, 4) is 11.5 Å². The lowest BCUT2D eigenvalue weighted by Crippen LogP contribution is -2.30. The largest absolute Gasteiger partial charge is 0.516 e. The third-order valence-corrected chi connectivity index (χ3v) is 7.97. The van der Waals surface area contributed by atoms with Crippen LogP contribution in [0, 0.1) is 17.6 Å². The number of fused-ring (bicyclic) bond motifs is 2. The summed E-state index contributed by atoms with van der Waals surface area (Å²) in [5.74, 6) is -0.679. The van der Waals surface area contributed by atoms with Gasteiger partial charge in [0.2, 0.25) is 0 Å². The summed E-state index contributed by atoms with van der Waals surface area (Å²) in [6, 6.07) is 13.3. The van der Waals surface area contributed by atoms with Gasteiger partial charge in [-0.25, -0.2) is 13.8 Å². The van der Waals surface area contributed by atoms with Gasteiger partial charge in [0.25, 0.3) is 0 Å². The number of nitrogens with one attached hydrogen (secondary N) is 1. The minimum Gasteiger partial charge on any atom is -0.493 e. The molecule has 200 valence electrons. The van der Waals surface area contributed by atoms with Gasteiger partial charge in [0, 0.05) is 17.7 Å². The second-order valence-electron chi connectivity index (χ2n) is 8.74. The minimum atomic E-state index is -5.51. The zero-order valence-electron chi connectivity index (χ0n) is 19.4. The van der Waals surface area contributed by atoms with Gasteiger partial charge >= 0.3 is 15.5 Å². The van der Waals surface area contributed by atoms with E-state index in [-0.39, 0.29) is 18.2 Å². The maximum Gasteiger partial charge on any atom is 0.516 e. The van der Waals surface area contributed by atoms with Crippen LogP contribution in [0.4, 0.5) is 27.6 Å². The van der Waals surface area contributed by atoms with Gasteiger partial charge in [0.05, 0.1) is 16.8 Å². The predicted octanol–water partition coefficient (Wildman–Crippen LogP) is 6.21. The number of nitrogens with zero attached hydrogens (tertiary/aromatic N) is 1. The number of hydrogen-bond donors (Lipinski definition) is 1. The molecule has 38 heavy (non-hydrogen) atoms. The molecule has 0 saturated heterocycles. The molecule has 1 aliphatic heterocycles. The Morgan fingerprint density at radius 2 is 1.87 bits per heavy atom. The summed E-state index contributed by atoms with van der Waals surface area (Å²) in [5.41, 5.74) is -3.70. The minimum absolute atomic E-state index is 0.0127. The van der Waals surface area contributed by atoms with Crippen LogP contribution < -0.4 is 14.2 Å². The highest BCUT2D eigenvalue weighted by Crippen LogP contribution is 2.33. The van der Waals surface area contributed by atoms with Crippen molar-refractivity contribution >= 4 is 37.3 Å². The summed E-state index contributed by atoms with van der Waals surface area (Å²) in [7, 11) is -5.51. The van der Waals surface area contributed by atoms with Gasteiger partial charge in [0.1, 0.15) is 23.1 Å². The Morgan fingerprint density at radius 3 is 2.66 bits per heavy atom. The van der Waals surface area contributed by atoms with Gasteiger partial charge < -0.3 is 9.47 Å². The molecule has 0 saturated carbocycles. The van der Waals surface area contributed by atoms with Gasteiger partial charge in [-0.2, -0.15) is 21.6 Å². The zero-order chi connectivity index (χ0) is 27.1. The van der Waals surface area contributed by atoms with E-state index in [0.29, 0.717) is 51.7 Å². The molecule has 0 amide bonds. The quantitative estimate of drug-likeness (QED) is 0.268. The molecule has 0 spiro atoms. The van der Waals surface area contributed by atoms with Crippen molar-refractivity contribution in [2.24, 2.45) is 5.92 Å². The molecule has 3 aromatic carbocycles. The molecular formula is C25H19F5N2O4S2. The fraction of sp³-hybridized carbons (Fsp3) is 0.240. The van der Waals surface area contributed by atoms with Crippen LogP contribution in [0.15, 0.2) is 54.6 Å². The number of alkyl halides is 3. The number of hydrogen-bond acceptors (Lipinski definition) is 6. The molecule has 2 heterocycles. The molecule has 4 aromatic rings. The zero-order valence-corrected chi connectivity index (χ0v) is 21.0. The van der Waals surface area contributed by atoms with E-state index >= 15 is 0 Å². The molecule has 0 aliphatic carbocycles. The van der Waals surface area contributed by atoms with E-state index < -0.39 is 27.2 Å². The molecule has 1 N–H and O–H groups in total. The lowest BCUT2D eigenvalue weighted by atomic mass is 9.91. The van der Waals surface area contributed by atoms with Gasteiger partial charge in [-0.3, -0.25) is 4.72 Å². The van der Waals surface area contributed by atoms with E-state index in [1.165, 1.54) is 29.5 Å². The van der Waals surface area contributed by atoms with Gasteiger partial charge in [-0.05, 0) is 60.4 Å². The van der Waals surface area contributed by atoms with E-state index in [1.807, 2.05) is 6.07 Å². The number of halogens is 5. The Morgan fingerprint density at radius 1 is 1.08 bits per heavy atom. The fourth-order valence-corrected chi connectivity index (χ4v) is 5.58. The lowest BCUT2D eigenvalue weighted by molar-refractivity contribution is -0.0429. The average Bonchev–Trinajstić information content (AvgIpc) is 3.23. The van der Waals surface area contributed by atoms with Crippen LogP contribution >= 0.6 is 11.3 Å². The molecule has 1 unspecified atom stereocenters. The molecule has 0 radical (unpaired) electrons. The number of anilines is 1. The number of benzene rings is 3. The molecule has 1 aliphatic rings. The highest BCUT2D eigenvalue weighted by Gasteiger charge is 2.46. The first-order chi connectivity index (χ1) is 18.0. The Bertz CT molecular complexity index is 1570. The van der Waals surface area contributed by atoms with Crippen LogP contribution in [0.25, 0.3) is 10.2 Å². The molecule has 0 fully saturated rings. The smallest absolute Gasteiger partial charge is 0.493 e. The highest BCUT2D eigenvalue weighted by atomic mass is 32.2. The van der Waals surface area contributed by atoms with Crippen molar-refractivity contribution in [1.29, 1.82) is 0 Å². The van der Waals surface area contributed by atoms with Crippen LogP contribution in [-0.4, -0.2) is 25.5 Å². The molecule has 1 aromatic heterocycles. The van der Waals surface area contributed by atoms with Gasteiger partial charge in [-0.15, -0.1) is 11.3 Å². The number of aromatic nitrogens is 1. The normalized spacial score (nSPS) is 15.7. The molecular weight excluding hydrogens is 551 g/mol. The maximum absolute atomic E-state index is 13.5. The monoisotopic (exact) mass is 570 g/mol. The summed E-state index contributed by atoms with van der Waals surface area (Å²) in [4.78, 5) is 4.28. The second kappa shape index (κ2) is 10.0. The summed E-state index contributed by atoms with van der Waals surface area (Å²) in [5, 5.41) is 0.554. The van der Waals surface area contributed by atoms with Crippen LogP contribution in [0.5, 0.6) is 11.5 Å². The summed E-state index contributed by atoms with van der Waals surface area (Å²) < 4.78 is 102. The van der Waals surface area contributed by atoms with Gasteiger partial charge in [-0.1, -0.05) is 12.1 Å². The first kappa shape index (κ1) is 26.2. The predicted molar refractivity (Wildman–Crippen MR) is 132 cm³/mol. The van der Waals surface area contributed by atoms with E-state index in [1.54, 1.807) is 22.9 Å². The molecule has 6 nitrogen and oxygen atoms in total. The SMILES string of the molecule is O=S(=O)(Nc1cccc(CC2COc3ccc(OCc4nc5cc(F)c(F)cc5s4)cc3C2)c1)C(F)(F)F. The lowest BCUT2D eigenvalue weighted by Gasteiger charge is -2.26. The number of thiazole rings is 1. The number of sulfonamides is 1. The fourth-order valence-electron chi connectivity index (χ4n) is 4.14. The van der Waals surface area contributed by atoms with Crippen molar-refractivity contribution in [2.75, 3.05) is 11.3 Å². The number of rotatable bonds is 7. The van der Waals surface area contributed by atoms with E-state index in [0.717, 1.165) is 17.7 Å². The van der Waals surface area contributed by atoms with Crippen LogP contribution in [0.2, 0.25) is 0 Å². The van der Waals surface area contributed by atoms with Crippen molar-refractivity contribution in [3.63, 3.8) is 0 Å². The Kier molecular flexibility index (Phi) is 6.90. The summed E-state index contributed by atoms with van der Waals surface area (Å²) in [6.45, 7) is 0.483. The Balaban J connectivity index is 1.24. The van der Waals surface area contributed by atoms with Crippen molar-refractivity contribution in [2.45, 2.75) is 25.0 Å². The first-order valence-electron chi connectivity index (χ1n) is 11.3. The molecule has 13 heteroatoms. The van der Waals surface area contributed by atoms with Crippen molar-refractivity contribution in [1.82, 2.24) is 4.98 Å². The van der Waals surface area contributed by atoms with E-state index in [2.05, 4.69) is 4.98 Å². The van der Waals surface area contributed by atoms with Crippen LogP contribution in [0.1, 0.15) is 16.1 Å². The van der Waals surface area contributed by atoms with E-state index in [9.17, 15) is 30.4 Å². The topological polar surface area (TPSA) is 77.5 Å². The average molecular weight is 571 g/mol. The molecule has 5 rings (SSSR count). The molecule has 1 atom stereocenters. The van der Waals surface area contributed by atoms with E-state index in [4.69, 9.17) is 9.47 Å². The van der Waals surface area contributed by atoms with Gasteiger partial charge in [0.15, 0.2) is 11.6 Å². The maximum atomic E-state index is 13.5.